The SMILES string of the molecule is CC1(C)c2cc(Br)ccc2N2CC(=O)NC21C. The van der Waals surface area contributed by atoms with Crippen molar-refractivity contribution < 1.29 is 4.79 Å². The van der Waals surface area contributed by atoms with E-state index in [1.807, 2.05) is 6.07 Å². The second-order valence-corrected chi connectivity index (χ2v) is 6.41. The van der Waals surface area contributed by atoms with Gasteiger partial charge in [0.15, 0.2) is 0 Å². The number of anilines is 1. The summed E-state index contributed by atoms with van der Waals surface area (Å²) in [4.78, 5) is 13.8. The highest BCUT2D eigenvalue weighted by atomic mass is 79.9. The number of nitrogens with one attached hydrogen (secondary N) is 1. The van der Waals surface area contributed by atoms with Gasteiger partial charge in [-0.25, -0.2) is 0 Å². The molecule has 1 aromatic rings. The van der Waals surface area contributed by atoms with E-state index in [0.717, 1.165) is 4.47 Å². The number of hydrogen-bond acceptors (Lipinski definition) is 2. The first-order valence-electron chi connectivity index (χ1n) is 5.75. The maximum Gasteiger partial charge on any atom is 0.241 e. The van der Waals surface area contributed by atoms with E-state index in [0.29, 0.717) is 6.54 Å². The van der Waals surface area contributed by atoms with Crippen molar-refractivity contribution in [3.05, 3.63) is 28.2 Å². The van der Waals surface area contributed by atoms with Gasteiger partial charge >= 0.3 is 0 Å². The second kappa shape index (κ2) is 3.05. The number of hydrogen-bond donors (Lipinski definition) is 1. The van der Waals surface area contributed by atoms with Crippen LogP contribution >= 0.6 is 15.9 Å². The number of rotatable bonds is 0. The van der Waals surface area contributed by atoms with E-state index in [1.165, 1.54) is 11.3 Å². The normalized spacial score (nSPS) is 28.9. The summed E-state index contributed by atoms with van der Waals surface area (Å²) in [6.07, 6.45) is 0. The van der Waals surface area contributed by atoms with Gasteiger partial charge in [-0.2, -0.15) is 0 Å². The largest absolute Gasteiger partial charge is 0.339 e. The maximum atomic E-state index is 11.7. The summed E-state index contributed by atoms with van der Waals surface area (Å²) in [5, 5.41) is 3.12. The van der Waals surface area contributed by atoms with E-state index < -0.39 is 0 Å². The fourth-order valence-electron chi connectivity index (χ4n) is 3.01. The minimum atomic E-state index is -0.312. The van der Waals surface area contributed by atoms with Gasteiger partial charge in [0, 0.05) is 15.6 Å². The molecule has 17 heavy (non-hydrogen) atoms. The van der Waals surface area contributed by atoms with Crippen molar-refractivity contribution in [3.63, 3.8) is 0 Å². The van der Waals surface area contributed by atoms with Gasteiger partial charge in [0.2, 0.25) is 5.91 Å². The zero-order chi connectivity index (χ0) is 12.4. The fraction of sp³-hybridized carbons (Fsp3) is 0.462. The van der Waals surface area contributed by atoms with Crippen LogP contribution in [0.25, 0.3) is 0 Å². The topological polar surface area (TPSA) is 32.3 Å². The minimum Gasteiger partial charge on any atom is -0.339 e. The summed E-state index contributed by atoms with van der Waals surface area (Å²) in [6.45, 7) is 6.92. The first kappa shape index (κ1) is 11.1. The molecular formula is C13H15BrN2O. The van der Waals surface area contributed by atoms with Crippen molar-refractivity contribution >= 4 is 27.5 Å². The number of carbonyl (C=O) groups excluding carboxylic acids is 1. The molecule has 3 rings (SSSR count). The molecule has 0 spiro atoms. The summed E-state index contributed by atoms with van der Waals surface area (Å²) in [5.41, 5.74) is 2.04. The fourth-order valence-corrected chi connectivity index (χ4v) is 3.37. The Morgan fingerprint density at radius 1 is 1.35 bits per heavy atom. The Balaban J connectivity index is 2.26. The Morgan fingerprint density at radius 3 is 2.76 bits per heavy atom. The molecule has 1 saturated heterocycles. The van der Waals surface area contributed by atoms with Crippen LogP contribution < -0.4 is 10.2 Å². The molecule has 4 heteroatoms. The lowest BCUT2D eigenvalue weighted by molar-refractivity contribution is -0.119. The van der Waals surface area contributed by atoms with Crippen molar-refractivity contribution in [2.75, 3.05) is 11.4 Å². The Morgan fingerprint density at radius 2 is 2.06 bits per heavy atom. The van der Waals surface area contributed by atoms with Gasteiger partial charge in [0.1, 0.15) is 5.66 Å². The molecule has 2 heterocycles. The smallest absolute Gasteiger partial charge is 0.241 e. The van der Waals surface area contributed by atoms with Crippen LogP contribution in [0, 0.1) is 0 Å². The maximum absolute atomic E-state index is 11.7. The van der Waals surface area contributed by atoms with E-state index in [9.17, 15) is 4.79 Å². The molecular weight excluding hydrogens is 280 g/mol. The number of carbonyl (C=O) groups is 1. The van der Waals surface area contributed by atoms with Crippen molar-refractivity contribution in [1.82, 2.24) is 5.32 Å². The average molecular weight is 295 g/mol. The number of amides is 1. The van der Waals surface area contributed by atoms with Crippen LogP contribution in [0.1, 0.15) is 26.3 Å². The third-order valence-electron chi connectivity index (χ3n) is 4.36. The van der Waals surface area contributed by atoms with Crippen LogP contribution in [0.2, 0.25) is 0 Å². The highest BCUT2D eigenvalue weighted by Gasteiger charge is 2.58. The molecule has 90 valence electrons. The second-order valence-electron chi connectivity index (χ2n) is 5.49. The lowest BCUT2D eigenvalue weighted by Gasteiger charge is -2.39. The predicted molar refractivity (Wildman–Crippen MR) is 71.1 cm³/mol. The van der Waals surface area contributed by atoms with E-state index in [2.05, 4.69) is 59.1 Å². The molecule has 0 aromatic heterocycles. The number of benzene rings is 1. The van der Waals surface area contributed by atoms with Crippen LogP contribution in [0.3, 0.4) is 0 Å². The van der Waals surface area contributed by atoms with Gasteiger partial charge < -0.3 is 10.2 Å². The molecule has 0 aliphatic carbocycles. The lowest BCUT2D eigenvalue weighted by Crippen LogP contribution is -2.57. The third-order valence-corrected chi connectivity index (χ3v) is 4.86. The third kappa shape index (κ3) is 1.19. The highest BCUT2D eigenvalue weighted by molar-refractivity contribution is 9.10. The van der Waals surface area contributed by atoms with Crippen molar-refractivity contribution in [2.24, 2.45) is 0 Å². The van der Waals surface area contributed by atoms with Gasteiger partial charge in [-0.3, -0.25) is 4.79 Å². The van der Waals surface area contributed by atoms with Gasteiger partial charge in [0.05, 0.1) is 6.54 Å². The van der Waals surface area contributed by atoms with E-state index in [-0.39, 0.29) is 17.0 Å². The molecule has 0 bridgehead atoms. The number of fused-ring (bicyclic) bond motifs is 3. The Bertz CT molecular complexity index is 526. The van der Waals surface area contributed by atoms with Crippen molar-refractivity contribution in [3.8, 4) is 0 Å². The van der Waals surface area contributed by atoms with Crippen molar-refractivity contribution in [1.29, 1.82) is 0 Å². The van der Waals surface area contributed by atoms with E-state index >= 15 is 0 Å². The van der Waals surface area contributed by atoms with Gasteiger partial charge in [-0.15, -0.1) is 0 Å². The summed E-state index contributed by atoms with van der Waals surface area (Å²) in [5.74, 6) is 0.106. The first-order chi connectivity index (χ1) is 7.86. The Kier molecular flexibility index (Phi) is 1.99. The zero-order valence-corrected chi connectivity index (χ0v) is 11.8. The van der Waals surface area contributed by atoms with Crippen LogP contribution in [0.4, 0.5) is 5.69 Å². The Labute approximate surface area is 109 Å². The van der Waals surface area contributed by atoms with Crippen molar-refractivity contribution in [2.45, 2.75) is 31.8 Å². The molecule has 1 aromatic carbocycles. The van der Waals surface area contributed by atoms with Crippen LogP contribution in [0.15, 0.2) is 22.7 Å². The van der Waals surface area contributed by atoms with Gasteiger partial charge in [-0.05, 0) is 30.7 Å². The number of nitrogens with zero attached hydrogens (tertiary/aromatic N) is 1. The average Bonchev–Trinajstić information content (AvgIpc) is 2.61. The minimum absolute atomic E-state index is 0.0989. The predicted octanol–water partition coefficient (Wildman–Crippen LogP) is 2.39. The van der Waals surface area contributed by atoms with E-state index in [4.69, 9.17) is 0 Å². The van der Waals surface area contributed by atoms with Crippen LogP contribution in [-0.4, -0.2) is 18.1 Å². The Hall–Kier alpha value is -1.03. The number of halogens is 1. The molecule has 1 N–H and O–H groups in total. The van der Waals surface area contributed by atoms with Crippen LogP contribution in [-0.2, 0) is 10.2 Å². The molecule has 0 saturated carbocycles. The molecule has 1 unspecified atom stereocenters. The molecule has 0 radical (unpaired) electrons. The quantitative estimate of drug-likeness (QED) is 0.797. The zero-order valence-electron chi connectivity index (χ0n) is 10.2. The summed E-state index contributed by atoms with van der Waals surface area (Å²) < 4.78 is 1.08. The molecule has 2 aliphatic rings. The molecule has 3 nitrogen and oxygen atoms in total. The van der Waals surface area contributed by atoms with Gasteiger partial charge in [-0.1, -0.05) is 29.8 Å². The first-order valence-corrected chi connectivity index (χ1v) is 6.54. The summed E-state index contributed by atoms with van der Waals surface area (Å²) in [6, 6.07) is 6.28. The summed E-state index contributed by atoms with van der Waals surface area (Å²) >= 11 is 3.52. The standard InChI is InChI=1S/C13H15BrN2O/c1-12(2)9-6-8(14)4-5-10(9)16-7-11(17)15-13(12,16)3/h4-6H,7H2,1-3H3,(H,15,17). The molecule has 2 aliphatic heterocycles. The van der Waals surface area contributed by atoms with Crippen LogP contribution in [0.5, 0.6) is 0 Å². The highest BCUT2D eigenvalue weighted by Crippen LogP contribution is 2.52. The molecule has 1 amide bonds. The van der Waals surface area contributed by atoms with Gasteiger partial charge in [0.25, 0.3) is 0 Å². The van der Waals surface area contributed by atoms with E-state index in [1.54, 1.807) is 0 Å². The molecule has 1 atom stereocenters. The summed E-state index contributed by atoms with van der Waals surface area (Å²) in [7, 11) is 0. The monoisotopic (exact) mass is 294 g/mol. The molecule has 1 fully saturated rings. The lowest BCUT2D eigenvalue weighted by atomic mass is 9.77.